The number of aryl methyl sites for hydroxylation is 1. The van der Waals surface area contributed by atoms with Crippen LogP contribution in [-0.4, -0.2) is 5.91 Å². The molecule has 0 fully saturated rings. The minimum absolute atomic E-state index is 0.0226. The third kappa shape index (κ3) is 5.59. The fourth-order valence-electron chi connectivity index (χ4n) is 2.70. The van der Waals surface area contributed by atoms with E-state index in [2.05, 4.69) is 10.6 Å². The Balaban J connectivity index is 2.12. The van der Waals surface area contributed by atoms with Crippen LogP contribution in [0.25, 0.3) is 0 Å². The Morgan fingerprint density at radius 2 is 1.68 bits per heavy atom. The summed E-state index contributed by atoms with van der Waals surface area (Å²) in [4.78, 5) is 12.3. The first-order valence-electron chi connectivity index (χ1n) is 8.54. The van der Waals surface area contributed by atoms with Crippen molar-refractivity contribution in [3.8, 4) is 0 Å². The second kappa shape index (κ2) is 7.68. The van der Waals surface area contributed by atoms with Crippen molar-refractivity contribution < 1.29 is 9.18 Å². The van der Waals surface area contributed by atoms with Crippen LogP contribution in [0.3, 0.4) is 0 Å². The minimum atomic E-state index is -0.237. The first-order valence-corrected chi connectivity index (χ1v) is 8.54. The average Bonchev–Trinajstić information content (AvgIpc) is 2.50. The Bertz CT molecular complexity index is 746. The molecule has 0 aliphatic heterocycles. The van der Waals surface area contributed by atoms with E-state index in [0.29, 0.717) is 13.0 Å². The lowest BCUT2D eigenvalue weighted by atomic mass is 9.92. The molecule has 0 atom stereocenters. The highest BCUT2D eigenvalue weighted by Crippen LogP contribution is 2.29. The van der Waals surface area contributed by atoms with Crippen LogP contribution in [0.2, 0.25) is 0 Å². The third-order valence-corrected chi connectivity index (χ3v) is 4.02. The predicted molar refractivity (Wildman–Crippen MR) is 102 cm³/mol. The van der Waals surface area contributed by atoms with Crippen molar-refractivity contribution in [2.24, 2.45) is 5.41 Å². The van der Waals surface area contributed by atoms with Gasteiger partial charge in [0, 0.05) is 24.3 Å². The summed E-state index contributed by atoms with van der Waals surface area (Å²) in [7, 11) is 0. The van der Waals surface area contributed by atoms with E-state index in [9.17, 15) is 9.18 Å². The van der Waals surface area contributed by atoms with E-state index in [1.54, 1.807) is 12.1 Å². The Morgan fingerprint density at radius 1 is 1.04 bits per heavy atom. The van der Waals surface area contributed by atoms with Gasteiger partial charge in [-0.05, 0) is 54.2 Å². The van der Waals surface area contributed by atoms with Crippen molar-refractivity contribution in [2.75, 3.05) is 10.6 Å². The van der Waals surface area contributed by atoms with E-state index in [0.717, 1.165) is 28.1 Å². The topological polar surface area (TPSA) is 41.1 Å². The van der Waals surface area contributed by atoms with Crippen LogP contribution < -0.4 is 10.6 Å². The number of hydrogen-bond donors (Lipinski definition) is 2. The largest absolute Gasteiger partial charge is 0.381 e. The van der Waals surface area contributed by atoms with Crippen molar-refractivity contribution in [1.29, 1.82) is 0 Å². The SMILES string of the molecule is Cc1ccc(NCc2ccc(F)cc2)c(C)c1NC(=O)CC(C)(C)C. The predicted octanol–water partition coefficient (Wildman–Crippen LogP) is 5.43. The summed E-state index contributed by atoms with van der Waals surface area (Å²) in [6, 6.07) is 10.4. The zero-order valence-corrected chi connectivity index (χ0v) is 15.7. The summed E-state index contributed by atoms with van der Waals surface area (Å²) in [6.07, 6.45) is 0.471. The van der Waals surface area contributed by atoms with Crippen molar-refractivity contribution in [3.05, 3.63) is 58.9 Å². The maximum absolute atomic E-state index is 13.0. The van der Waals surface area contributed by atoms with Gasteiger partial charge in [-0.1, -0.05) is 39.0 Å². The molecule has 1 amide bonds. The van der Waals surface area contributed by atoms with E-state index in [1.807, 2.05) is 46.8 Å². The van der Waals surface area contributed by atoms with Crippen molar-refractivity contribution in [1.82, 2.24) is 0 Å². The van der Waals surface area contributed by atoms with Crippen molar-refractivity contribution in [3.63, 3.8) is 0 Å². The van der Waals surface area contributed by atoms with Crippen LogP contribution >= 0.6 is 0 Å². The molecule has 0 aromatic heterocycles. The molecule has 25 heavy (non-hydrogen) atoms. The van der Waals surface area contributed by atoms with Gasteiger partial charge < -0.3 is 10.6 Å². The first-order chi connectivity index (χ1) is 11.7. The molecule has 0 saturated carbocycles. The number of carbonyl (C=O) groups excluding carboxylic acids is 1. The quantitative estimate of drug-likeness (QED) is 0.761. The highest BCUT2D eigenvalue weighted by atomic mass is 19.1. The van der Waals surface area contributed by atoms with E-state index < -0.39 is 0 Å². The van der Waals surface area contributed by atoms with Crippen LogP contribution in [0.4, 0.5) is 15.8 Å². The minimum Gasteiger partial charge on any atom is -0.381 e. The standard InChI is InChI=1S/C21H27FN2O/c1-14-6-11-18(23-13-16-7-9-17(22)10-8-16)15(2)20(14)24-19(25)12-21(3,4)5/h6-11,23H,12-13H2,1-5H3,(H,24,25). The molecule has 0 radical (unpaired) electrons. The number of hydrogen-bond acceptors (Lipinski definition) is 2. The molecule has 0 spiro atoms. The first kappa shape index (κ1) is 19.0. The fraction of sp³-hybridized carbons (Fsp3) is 0.381. The van der Waals surface area contributed by atoms with Gasteiger partial charge in [-0.2, -0.15) is 0 Å². The van der Waals surface area contributed by atoms with Crippen LogP contribution in [0.5, 0.6) is 0 Å². The molecule has 2 rings (SSSR count). The third-order valence-electron chi connectivity index (χ3n) is 4.02. The zero-order valence-electron chi connectivity index (χ0n) is 15.7. The van der Waals surface area contributed by atoms with Crippen molar-refractivity contribution in [2.45, 2.75) is 47.6 Å². The van der Waals surface area contributed by atoms with Gasteiger partial charge in [0.15, 0.2) is 0 Å². The Kier molecular flexibility index (Phi) is 5.83. The summed E-state index contributed by atoms with van der Waals surface area (Å²) in [6.45, 7) is 10.7. The lowest BCUT2D eigenvalue weighted by Gasteiger charge is -2.20. The second-order valence-electron chi connectivity index (χ2n) is 7.70. The normalized spacial score (nSPS) is 11.3. The molecule has 0 unspecified atom stereocenters. The molecule has 2 aromatic rings. The van der Waals surface area contributed by atoms with Gasteiger partial charge in [0.2, 0.25) is 5.91 Å². The van der Waals surface area contributed by atoms with Crippen LogP contribution in [0.1, 0.15) is 43.9 Å². The summed E-state index contributed by atoms with van der Waals surface area (Å²) in [5.74, 6) is -0.214. The number of halogens is 1. The van der Waals surface area contributed by atoms with Gasteiger partial charge in [0.05, 0.1) is 0 Å². The molecule has 0 bridgehead atoms. The van der Waals surface area contributed by atoms with E-state index >= 15 is 0 Å². The van der Waals surface area contributed by atoms with E-state index in [-0.39, 0.29) is 17.1 Å². The van der Waals surface area contributed by atoms with Crippen LogP contribution in [-0.2, 0) is 11.3 Å². The smallest absolute Gasteiger partial charge is 0.224 e. The summed E-state index contributed by atoms with van der Waals surface area (Å²) >= 11 is 0. The van der Waals surface area contributed by atoms with Crippen LogP contribution in [0.15, 0.2) is 36.4 Å². The number of rotatable bonds is 5. The Labute approximate surface area is 149 Å². The lowest BCUT2D eigenvalue weighted by molar-refractivity contribution is -0.117. The Morgan fingerprint density at radius 3 is 2.28 bits per heavy atom. The van der Waals surface area contributed by atoms with Crippen LogP contribution in [0, 0.1) is 25.1 Å². The van der Waals surface area contributed by atoms with Gasteiger partial charge in [-0.15, -0.1) is 0 Å². The summed E-state index contributed by atoms with van der Waals surface area (Å²) in [5, 5.41) is 6.42. The average molecular weight is 342 g/mol. The molecule has 4 heteroatoms. The number of benzene rings is 2. The maximum Gasteiger partial charge on any atom is 0.224 e. The molecule has 0 aliphatic rings. The molecular weight excluding hydrogens is 315 g/mol. The second-order valence-corrected chi connectivity index (χ2v) is 7.70. The number of nitrogens with one attached hydrogen (secondary N) is 2. The van der Waals surface area contributed by atoms with Gasteiger partial charge in [0.1, 0.15) is 5.82 Å². The van der Waals surface area contributed by atoms with Gasteiger partial charge in [0.25, 0.3) is 0 Å². The molecule has 2 aromatic carbocycles. The molecular formula is C21H27FN2O. The van der Waals surface area contributed by atoms with Gasteiger partial charge in [-0.25, -0.2) is 4.39 Å². The number of amides is 1. The van der Waals surface area contributed by atoms with Crippen molar-refractivity contribution >= 4 is 17.3 Å². The molecule has 0 heterocycles. The molecule has 3 nitrogen and oxygen atoms in total. The van der Waals surface area contributed by atoms with E-state index in [1.165, 1.54) is 12.1 Å². The molecule has 2 N–H and O–H groups in total. The molecule has 0 saturated heterocycles. The number of anilines is 2. The van der Waals surface area contributed by atoms with Gasteiger partial charge >= 0.3 is 0 Å². The zero-order chi connectivity index (χ0) is 18.6. The Hall–Kier alpha value is -2.36. The molecule has 134 valence electrons. The summed E-state index contributed by atoms with van der Waals surface area (Å²) in [5.41, 5.74) is 4.81. The monoisotopic (exact) mass is 342 g/mol. The highest BCUT2D eigenvalue weighted by Gasteiger charge is 2.18. The van der Waals surface area contributed by atoms with Gasteiger partial charge in [-0.3, -0.25) is 4.79 Å². The number of carbonyl (C=O) groups is 1. The maximum atomic E-state index is 13.0. The summed E-state index contributed by atoms with van der Waals surface area (Å²) < 4.78 is 13.0. The molecule has 0 aliphatic carbocycles. The van der Waals surface area contributed by atoms with E-state index in [4.69, 9.17) is 0 Å². The fourth-order valence-corrected chi connectivity index (χ4v) is 2.70. The highest BCUT2D eigenvalue weighted by molar-refractivity contribution is 5.93. The lowest BCUT2D eigenvalue weighted by Crippen LogP contribution is -2.20.